The lowest BCUT2D eigenvalue weighted by molar-refractivity contribution is 0.131. The van der Waals surface area contributed by atoms with E-state index in [-0.39, 0.29) is 5.82 Å². The summed E-state index contributed by atoms with van der Waals surface area (Å²) in [5.41, 5.74) is 1.26. The topological polar surface area (TPSA) is 51.2 Å². The fraction of sp³-hybridized carbons (Fsp3) is 0.143. The van der Waals surface area contributed by atoms with Crippen LogP contribution in [0.4, 0.5) is 9.18 Å². The fourth-order valence-corrected chi connectivity index (χ4v) is 2.40. The molecule has 4 nitrogen and oxygen atoms in total. The average molecular weight is 337 g/mol. The van der Waals surface area contributed by atoms with Crippen LogP contribution >= 0.6 is 15.9 Å². The van der Waals surface area contributed by atoms with Crippen molar-refractivity contribution in [2.24, 2.45) is 0 Å². The third-order valence-corrected chi connectivity index (χ3v) is 3.53. The Morgan fingerprint density at radius 2 is 2.15 bits per heavy atom. The Hall–Kier alpha value is -1.95. The molecule has 20 heavy (non-hydrogen) atoms. The zero-order valence-corrected chi connectivity index (χ0v) is 11.8. The summed E-state index contributed by atoms with van der Waals surface area (Å²) in [6.45, 7) is 0. The van der Waals surface area contributed by atoms with Crippen molar-refractivity contribution in [2.75, 3.05) is 0 Å². The van der Waals surface area contributed by atoms with Crippen LogP contribution < -0.4 is 5.32 Å². The molecule has 1 aliphatic rings. The minimum atomic E-state index is -0.591. The van der Waals surface area contributed by atoms with Crippen molar-refractivity contribution in [3.8, 4) is 0 Å². The van der Waals surface area contributed by atoms with Crippen molar-refractivity contribution in [2.45, 2.75) is 12.1 Å². The molecule has 1 aromatic carbocycles. The molecule has 1 saturated heterocycles. The number of pyridine rings is 1. The molecule has 1 amide bonds. The Morgan fingerprint density at radius 1 is 1.30 bits per heavy atom. The Morgan fingerprint density at radius 3 is 2.85 bits per heavy atom. The summed E-state index contributed by atoms with van der Waals surface area (Å²) in [7, 11) is 0. The summed E-state index contributed by atoms with van der Waals surface area (Å²) < 4.78 is 19.4. The van der Waals surface area contributed by atoms with E-state index >= 15 is 0 Å². The molecule has 6 heteroatoms. The smallest absolute Gasteiger partial charge is 0.408 e. The van der Waals surface area contributed by atoms with Crippen LogP contribution in [0.25, 0.3) is 0 Å². The van der Waals surface area contributed by atoms with Gasteiger partial charge in [0.2, 0.25) is 0 Å². The molecule has 0 bridgehead atoms. The highest BCUT2D eigenvalue weighted by Crippen LogP contribution is 2.36. The standard InChI is InChI=1S/C14H10BrFN2O2/c15-9-4-5-11(17-7-9)12-13(20-14(19)18-12)8-2-1-3-10(16)6-8/h1-7,12-13H,(H,18,19)/t12-,13-/m1/s1. The predicted molar refractivity (Wildman–Crippen MR) is 73.4 cm³/mol. The Labute approximate surface area is 123 Å². The third kappa shape index (κ3) is 2.51. The van der Waals surface area contributed by atoms with E-state index in [1.165, 1.54) is 12.1 Å². The molecular formula is C14H10BrFN2O2. The highest BCUT2D eigenvalue weighted by molar-refractivity contribution is 9.10. The molecule has 0 unspecified atom stereocenters. The number of ether oxygens (including phenoxy) is 1. The molecule has 2 heterocycles. The van der Waals surface area contributed by atoms with Gasteiger partial charge in [0.15, 0.2) is 6.10 Å². The number of rotatable bonds is 2. The summed E-state index contributed by atoms with van der Waals surface area (Å²) in [5.74, 6) is -0.368. The lowest BCUT2D eigenvalue weighted by Gasteiger charge is -2.16. The van der Waals surface area contributed by atoms with E-state index in [1.807, 2.05) is 6.07 Å². The molecule has 3 rings (SSSR count). The minimum absolute atomic E-state index is 0.368. The van der Waals surface area contributed by atoms with Gasteiger partial charge in [0, 0.05) is 10.7 Å². The first kappa shape index (κ1) is 13.1. The first-order chi connectivity index (χ1) is 9.63. The number of carbonyl (C=O) groups excluding carboxylic acids is 1. The second kappa shape index (κ2) is 5.20. The normalized spacial score (nSPS) is 21.4. The van der Waals surface area contributed by atoms with Crippen LogP contribution in [0.3, 0.4) is 0 Å². The summed E-state index contributed by atoms with van der Waals surface area (Å²) >= 11 is 3.30. The lowest BCUT2D eigenvalue weighted by Crippen LogP contribution is -2.20. The molecule has 2 aromatic rings. The van der Waals surface area contributed by atoms with Crippen LogP contribution in [-0.4, -0.2) is 11.1 Å². The summed E-state index contributed by atoms with van der Waals surface area (Å²) in [5, 5.41) is 2.70. The number of hydrogen-bond acceptors (Lipinski definition) is 3. The maximum Gasteiger partial charge on any atom is 0.408 e. The predicted octanol–water partition coefficient (Wildman–Crippen LogP) is 3.51. The quantitative estimate of drug-likeness (QED) is 0.912. The van der Waals surface area contributed by atoms with Gasteiger partial charge >= 0.3 is 6.09 Å². The fourth-order valence-electron chi connectivity index (χ4n) is 2.16. The van der Waals surface area contributed by atoms with E-state index in [0.717, 1.165) is 4.47 Å². The summed E-state index contributed by atoms with van der Waals surface area (Å²) in [6, 6.07) is 9.20. The molecule has 1 fully saturated rings. The van der Waals surface area contributed by atoms with E-state index in [4.69, 9.17) is 4.74 Å². The summed E-state index contributed by atoms with van der Waals surface area (Å²) in [4.78, 5) is 15.8. The van der Waals surface area contributed by atoms with Crippen molar-refractivity contribution < 1.29 is 13.9 Å². The molecule has 2 atom stereocenters. The van der Waals surface area contributed by atoms with Gasteiger partial charge in [0.05, 0.1) is 5.69 Å². The number of hydrogen-bond donors (Lipinski definition) is 1. The van der Waals surface area contributed by atoms with Crippen LogP contribution in [0, 0.1) is 5.82 Å². The Balaban J connectivity index is 1.96. The summed E-state index contributed by atoms with van der Waals surface area (Å²) in [6.07, 6.45) is 0.517. The molecule has 0 saturated carbocycles. The number of nitrogens with one attached hydrogen (secondary N) is 1. The number of amides is 1. The number of benzene rings is 1. The largest absolute Gasteiger partial charge is 0.439 e. The van der Waals surface area contributed by atoms with E-state index < -0.39 is 18.2 Å². The van der Waals surface area contributed by atoms with Gasteiger partial charge in [-0.15, -0.1) is 0 Å². The van der Waals surface area contributed by atoms with Crippen LogP contribution in [0.5, 0.6) is 0 Å². The van der Waals surface area contributed by atoms with Crippen LogP contribution in [0.15, 0.2) is 47.1 Å². The highest BCUT2D eigenvalue weighted by atomic mass is 79.9. The first-order valence-corrected chi connectivity index (χ1v) is 6.77. The number of cyclic esters (lactones) is 1. The number of carbonyl (C=O) groups is 1. The van der Waals surface area contributed by atoms with Crippen LogP contribution in [0.1, 0.15) is 23.4 Å². The maximum atomic E-state index is 13.3. The van der Waals surface area contributed by atoms with E-state index in [2.05, 4.69) is 26.2 Å². The van der Waals surface area contributed by atoms with Gasteiger partial charge in [0.1, 0.15) is 11.9 Å². The number of alkyl carbamates (subject to hydrolysis) is 1. The molecule has 102 valence electrons. The van der Waals surface area contributed by atoms with Gasteiger partial charge in [-0.05, 0) is 45.8 Å². The number of nitrogens with zero attached hydrogens (tertiary/aromatic N) is 1. The van der Waals surface area contributed by atoms with Crippen molar-refractivity contribution in [3.05, 3.63) is 64.1 Å². The molecular weight excluding hydrogens is 327 g/mol. The third-order valence-electron chi connectivity index (χ3n) is 3.06. The molecule has 0 radical (unpaired) electrons. The van der Waals surface area contributed by atoms with Gasteiger partial charge in [-0.2, -0.15) is 0 Å². The van der Waals surface area contributed by atoms with E-state index in [0.29, 0.717) is 11.3 Å². The van der Waals surface area contributed by atoms with Crippen LogP contribution in [0.2, 0.25) is 0 Å². The minimum Gasteiger partial charge on any atom is -0.439 e. The molecule has 1 aliphatic heterocycles. The second-order valence-corrected chi connectivity index (χ2v) is 5.32. The molecule has 1 aromatic heterocycles. The van der Waals surface area contributed by atoms with Crippen molar-refractivity contribution in [3.63, 3.8) is 0 Å². The first-order valence-electron chi connectivity index (χ1n) is 5.97. The van der Waals surface area contributed by atoms with Gasteiger partial charge in [0.25, 0.3) is 0 Å². The molecule has 0 spiro atoms. The van der Waals surface area contributed by atoms with Gasteiger partial charge < -0.3 is 10.1 Å². The second-order valence-electron chi connectivity index (χ2n) is 4.40. The average Bonchev–Trinajstić information content (AvgIpc) is 2.82. The lowest BCUT2D eigenvalue weighted by atomic mass is 10.00. The van der Waals surface area contributed by atoms with Crippen molar-refractivity contribution in [1.82, 2.24) is 10.3 Å². The van der Waals surface area contributed by atoms with Crippen LogP contribution in [-0.2, 0) is 4.74 Å². The van der Waals surface area contributed by atoms with Crippen molar-refractivity contribution in [1.29, 1.82) is 0 Å². The Bertz CT molecular complexity index is 648. The van der Waals surface area contributed by atoms with Gasteiger partial charge in [-0.25, -0.2) is 9.18 Å². The SMILES string of the molecule is O=C1N[C@H](c2ccc(Br)cn2)[C@@H](c2cccc(F)c2)O1. The van der Waals surface area contributed by atoms with Gasteiger partial charge in [-0.3, -0.25) is 4.98 Å². The Kier molecular flexibility index (Phi) is 3.40. The monoisotopic (exact) mass is 336 g/mol. The van der Waals surface area contributed by atoms with E-state index in [1.54, 1.807) is 24.4 Å². The number of halogens is 2. The zero-order valence-electron chi connectivity index (χ0n) is 10.2. The molecule has 0 aliphatic carbocycles. The number of aromatic nitrogens is 1. The maximum absolute atomic E-state index is 13.3. The van der Waals surface area contributed by atoms with E-state index in [9.17, 15) is 9.18 Å². The van der Waals surface area contributed by atoms with Gasteiger partial charge in [-0.1, -0.05) is 12.1 Å². The molecule has 1 N–H and O–H groups in total. The highest BCUT2D eigenvalue weighted by Gasteiger charge is 2.37. The zero-order chi connectivity index (χ0) is 14.1. The van der Waals surface area contributed by atoms with Crippen molar-refractivity contribution >= 4 is 22.0 Å².